The van der Waals surface area contributed by atoms with Crippen LogP contribution < -0.4 is 11.1 Å². The molecule has 0 fully saturated rings. The van der Waals surface area contributed by atoms with Crippen LogP contribution in [0.1, 0.15) is 30.4 Å². The van der Waals surface area contributed by atoms with E-state index in [1.165, 1.54) is 11.3 Å². The van der Waals surface area contributed by atoms with Crippen molar-refractivity contribution in [2.45, 2.75) is 26.3 Å². The minimum atomic E-state index is -0.290. The molecule has 5 heteroatoms. The number of halogens is 1. The molecule has 0 saturated carbocycles. The van der Waals surface area contributed by atoms with Crippen LogP contribution in [-0.2, 0) is 0 Å². The predicted octanol–water partition coefficient (Wildman–Crippen LogP) is 3.67. The fourth-order valence-electron chi connectivity index (χ4n) is 1.65. The Kier molecular flexibility index (Phi) is 3.25. The first-order valence-electron chi connectivity index (χ1n) is 5.58. The summed E-state index contributed by atoms with van der Waals surface area (Å²) in [4.78, 5) is 12.6. The second-order valence-corrected chi connectivity index (χ2v) is 6.57. The molecule has 3 nitrogen and oxygen atoms in total. The summed E-state index contributed by atoms with van der Waals surface area (Å²) in [5.74, 6) is -0.159. The lowest BCUT2D eigenvalue weighted by Crippen LogP contribution is -2.40. The number of fused-ring (bicyclic) bond motifs is 1. The first-order valence-corrected chi connectivity index (χ1v) is 6.78. The van der Waals surface area contributed by atoms with Gasteiger partial charge in [0.05, 0.1) is 9.72 Å². The van der Waals surface area contributed by atoms with Gasteiger partial charge in [-0.3, -0.25) is 4.79 Å². The Bertz CT molecular complexity index is 613. The van der Waals surface area contributed by atoms with Gasteiger partial charge in [-0.2, -0.15) is 0 Å². The highest BCUT2D eigenvalue weighted by Gasteiger charge is 2.21. The molecule has 0 aliphatic heterocycles. The van der Waals surface area contributed by atoms with Crippen LogP contribution >= 0.6 is 22.9 Å². The number of anilines is 1. The number of hydrogen-bond acceptors (Lipinski definition) is 3. The van der Waals surface area contributed by atoms with Gasteiger partial charge in [0.25, 0.3) is 5.91 Å². The fourth-order valence-corrected chi connectivity index (χ4v) is 3.08. The highest BCUT2D eigenvalue weighted by atomic mass is 35.5. The quantitative estimate of drug-likeness (QED) is 0.784. The Labute approximate surface area is 115 Å². The Balaban J connectivity index is 2.50. The normalized spacial score (nSPS) is 11.8. The smallest absolute Gasteiger partial charge is 0.263 e. The summed E-state index contributed by atoms with van der Waals surface area (Å²) < 4.78 is 0.863. The lowest BCUT2D eigenvalue weighted by atomic mass is 10.1. The summed E-state index contributed by atoms with van der Waals surface area (Å²) in [6, 6.07) is 5.51. The van der Waals surface area contributed by atoms with Crippen molar-refractivity contribution in [1.82, 2.24) is 5.32 Å². The summed E-state index contributed by atoms with van der Waals surface area (Å²) >= 11 is 7.58. The molecule has 0 atom stereocenters. The van der Waals surface area contributed by atoms with Crippen LogP contribution in [0.2, 0.25) is 5.02 Å². The van der Waals surface area contributed by atoms with Crippen molar-refractivity contribution in [1.29, 1.82) is 0 Å². The van der Waals surface area contributed by atoms with E-state index >= 15 is 0 Å². The molecule has 1 amide bonds. The molecule has 18 heavy (non-hydrogen) atoms. The Morgan fingerprint density at radius 1 is 1.39 bits per heavy atom. The second-order valence-electron chi connectivity index (χ2n) is 5.17. The largest absolute Gasteiger partial charge is 0.398 e. The van der Waals surface area contributed by atoms with E-state index in [-0.39, 0.29) is 11.4 Å². The van der Waals surface area contributed by atoms with E-state index in [1.807, 2.05) is 32.9 Å². The van der Waals surface area contributed by atoms with Crippen molar-refractivity contribution in [3.8, 4) is 0 Å². The van der Waals surface area contributed by atoms with Gasteiger partial charge < -0.3 is 11.1 Å². The second kappa shape index (κ2) is 4.44. The molecular weight excluding hydrogens is 268 g/mol. The molecule has 0 spiro atoms. The highest BCUT2D eigenvalue weighted by molar-refractivity contribution is 7.22. The lowest BCUT2D eigenvalue weighted by molar-refractivity contribution is 0.0924. The van der Waals surface area contributed by atoms with Gasteiger partial charge >= 0.3 is 0 Å². The van der Waals surface area contributed by atoms with Crippen molar-refractivity contribution in [2.75, 3.05) is 5.73 Å². The zero-order valence-corrected chi connectivity index (χ0v) is 12.1. The first kappa shape index (κ1) is 13.2. The summed E-state index contributed by atoms with van der Waals surface area (Å²) in [6.07, 6.45) is 0. The predicted molar refractivity (Wildman–Crippen MR) is 78.5 cm³/mol. The lowest BCUT2D eigenvalue weighted by Gasteiger charge is -2.19. The van der Waals surface area contributed by atoms with Crippen molar-refractivity contribution in [3.05, 3.63) is 28.1 Å². The third-order valence-electron chi connectivity index (χ3n) is 2.38. The molecular formula is C13H15ClN2OS. The van der Waals surface area contributed by atoms with E-state index < -0.39 is 0 Å². The number of benzene rings is 1. The molecule has 0 unspecified atom stereocenters. The van der Waals surface area contributed by atoms with Gasteiger partial charge in [-0.1, -0.05) is 23.7 Å². The minimum Gasteiger partial charge on any atom is -0.398 e. The topological polar surface area (TPSA) is 55.1 Å². The van der Waals surface area contributed by atoms with Crippen LogP contribution in [0.15, 0.2) is 18.2 Å². The van der Waals surface area contributed by atoms with E-state index in [4.69, 9.17) is 17.3 Å². The standard InChI is InChI=1S/C13H15ClN2OS/c1-13(2,3)16-12(17)11-9(14)7-5-4-6-8(15)10(7)18-11/h4-6H,15H2,1-3H3,(H,16,17). The highest BCUT2D eigenvalue weighted by Crippen LogP contribution is 2.38. The molecule has 2 rings (SSSR count). The average molecular weight is 283 g/mol. The monoisotopic (exact) mass is 282 g/mol. The number of nitrogens with one attached hydrogen (secondary N) is 1. The van der Waals surface area contributed by atoms with Crippen molar-refractivity contribution >= 4 is 44.6 Å². The number of hydrogen-bond donors (Lipinski definition) is 2. The first-order chi connectivity index (χ1) is 8.29. The fraction of sp³-hybridized carbons (Fsp3) is 0.308. The molecule has 0 saturated heterocycles. The van der Waals surface area contributed by atoms with Crippen LogP contribution in [-0.4, -0.2) is 11.4 Å². The third kappa shape index (κ3) is 2.44. The van der Waals surface area contributed by atoms with Gasteiger partial charge in [0, 0.05) is 16.6 Å². The molecule has 1 aromatic carbocycles. The third-order valence-corrected chi connectivity index (χ3v) is 4.14. The number of nitrogen functional groups attached to an aromatic ring is 1. The summed E-state index contributed by atoms with van der Waals surface area (Å²) in [7, 11) is 0. The number of carbonyl (C=O) groups is 1. The summed E-state index contributed by atoms with van der Waals surface area (Å²) in [5, 5.41) is 4.21. The molecule has 2 aromatic rings. The molecule has 3 N–H and O–H groups in total. The number of amides is 1. The maximum Gasteiger partial charge on any atom is 0.263 e. The van der Waals surface area contributed by atoms with E-state index in [0.717, 1.165) is 10.1 Å². The van der Waals surface area contributed by atoms with E-state index in [2.05, 4.69) is 5.32 Å². The molecule has 1 aromatic heterocycles. The molecule has 96 valence electrons. The maximum absolute atomic E-state index is 12.1. The zero-order chi connectivity index (χ0) is 13.5. The maximum atomic E-state index is 12.1. The zero-order valence-electron chi connectivity index (χ0n) is 10.5. The Morgan fingerprint density at radius 3 is 2.61 bits per heavy atom. The van der Waals surface area contributed by atoms with Crippen molar-refractivity contribution < 1.29 is 4.79 Å². The van der Waals surface area contributed by atoms with Crippen molar-refractivity contribution in [2.24, 2.45) is 0 Å². The van der Waals surface area contributed by atoms with Gasteiger partial charge in [0.2, 0.25) is 0 Å². The number of rotatable bonds is 1. The Morgan fingerprint density at radius 2 is 2.06 bits per heavy atom. The molecule has 1 heterocycles. The van der Waals surface area contributed by atoms with Gasteiger partial charge in [-0.15, -0.1) is 11.3 Å². The van der Waals surface area contributed by atoms with Crippen LogP contribution in [0, 0.1) is 0 Å². The number of nitrogens with two attached hydrogens (primary N) is 1. The van der Waals surface area contributed by atoms with E-state index in [0.29, 0.717) is 15.6 Å². The van der Waals surface area contributed by atoms with Gasteiger partial charge in [0.15, 0.2) is 0 Å². The Hall–Kier alpha value is -1.26. The van der Waals surface area contributed by atoms with Crippen molar-refractivity contribution in [3.63, 3.8) is 0 Å². The number of carbonyl (C=O) groups excluding carboxylic acids is 1. The van der Waals surface area contributed by atoms with Gasteiger partial charge in [-0.25, -0.2) is 0 Å². The molecule has 0 bridgehead atoms. The van der Waals surface area contributed by atoms with Crippen LogP contribution in [0.5, 0.6) is 0 Å². The van der Waals surface area contributed by atoms with E-state index in [1.54, 1.807) is 6.07 Å². The number of thiophene rings is 1. The molecule has 0 radical (unpaired) electrons. The average Bonchev–Trinajstić information content (AvgIpc) is 2.56. The van der Waals surface area contributed by atoms with E-state index in [9.17, 15) is 4.79 Å². The summed E-state index contributed by atoms with van der Waals surface area (Å²) in [5.41, 5.74) is 6.24. The van der Waals surface area contributed by atoms with Gasteiger partial charge in [0.1, 0.15) is 4.88 Å². The van der Waals surface area contributed by atoms with Crippen LogP contribution in [0.3, 0.4) is 0 Å². The van der Waals surface area contributed by atoms with Gasteiger partial charge in [-0.05, 0) is 26.8 Å². The summed E-state index contributed by atoms with van der Waals surface area (Å²) in [6.45, 7) is 5.79. The molecule has 0 aliphatic rings. The SMILES string of the molecule is CC(C)(C)NC(=O)c1sc2c(N)cccc2c1Cl. The minimum absolute atomic E-state index is 0.159. The molecule has 0 aliphatic carbocycles. The van der Waals surface area contributed by atoms with Crippen LogP contribution in [0.25, 0.3) is 10.1 Å². The van der Waals surface area contributed by atoms with Crippen LogP contribution in [0.4, 0.5) is 5.69 Å².